The average molecular weight is 522 g/mol. The predicted octanol–water partition coefficient (Wildman–Crippen LogP) is 5.26. The smallest absolute Gasteiger partial charge is 0.261 e. The maximum atomic E-state index is 13.8. The lowest BCUT2D eigenvalue weighted by Crippen LogP contribution is -2.52. The number of carbonyl (C=O) groups is 3. The second-order valence-corrected chi connectivity index (χ2v) is 10.3. The van der Waals surface area contributed by atoms with Crippen LogP contribution in [0.1, 0.15) is 61.0 Å². The molecule has 0 aliphatic heterocycles. The van der Waals surface area contributed by atoms with Crippen LogP contribution in [0, 0.1) is 6.92 Å². The first-order valence-corrected chi connectivity index (χ1v) is 13.3. The number of aryl methyl sites for hydroxylation is 1. The molecule has 3 rings (SSSR count). The molecule has 196 valence electrons. The van der Waals surface area contributed by atoms with Crippen LogP contribution in [-0.4, -0.2) is 36.4 Å². The highest BCUT2D eigenvalue weighted by Crippen LogP contribution is 2.31. The van der Waals surface area contributed by atoms with E-state index in [1.807, 2.05) is 58.9 Å². The fourth-order valence-corrected chi connectivity index (χ4v) is 4.36. The van der Waals surface area contributed by atoms with Crippen LogP contribution in [0.4, 0.5) is 5.69 Å². The van der Waals surface area contributed by atoms with E-state index in [4.69, 9.17) is 4.74 Å². The van der Waals surface area contributed by atoms with Crippen molar-refractivity contribution in [1.82, 2.24) is 10.6 Å². The Morgan fingerprint density at radius 1 is 1.03 bits per heavy atom. The molecule has 3 aromatic rings. The number of anilines is 1. The Labute approximate surface area is 222 Å². The minimum Gasteiger partial charge on any atom is -0.494 e. The summed E-state index contributed by atoms with van der Waals surface area (Å²) in [5.74, 6) is -0.490. The Morgan fingerprint density at radius 2 is 1.76 bits per heavy atom. The number of ether oxygens (including phenoxy) is 1. The van der Waals surface area contributed by atoms with Crippen LogP contribution in [0.3, 0.4) is 0 Å². The lowest BCUT2D eigenvalue weighted by atomic mass is 9.97. The van der Waals surface area contributed by atoms with Crippen LogP contribution in [0.5, 0.6) is 5.75 Å². The average Bonchev–Trinajstić information content (AvgIpc) is 3.42. The molecule has 1 heterocycles. The van der Waals surface area contributed by atoms with Crippen molar-refractivity contribution < 1.29 is 19.1 Å². The highest BCUT2D eigenvalue weighted by molar-refractivity contribution is 7.12. The van der Waals surface area contributed by atoms with Gasteiger partial charge in [0.2, 0.25) is 11.8 Å². The zero-order valence-corrected chi connectivity index (χ0v) is 22.9. The van der Waals surface area contributed by atoms with Crippen LogP contribution < -0.4 is 20.3 Å². The molecule has 1 atom stereocenters. The van der Waals surface area contributed by atoms with Crippen molar-refractivity contribution in [1.29, 1.82) is 0 Å². The van der Waals surface area contributed by atoms with Gasteiger partial charge in [-0.05, 0) is 63.3 Å². The van der Waals surface area contributed by atoms with Crippen molar-refractivity contribution in [3.63, 3.8) is 0 Å². The Hall–Kier alpha value is -3.65. The molecule has 2 aromatic carbocycles. The molecule has 1 unspecified atom stereocenters. The molecular weight excluding hydrogens is 486 g/mol. The summed E-state index contributed by atoms with van der Waals surface area (Å²) < 4.78 is 5.68. The zero-order valence-electron chi connectivity index (χ0n) is 22.0. The molecule has 2 N–H and O–H groups in total. The maximum absolute atomic E-state index is 13.8. The van der Waals surface area contributed by atoms with Crippen molar-refractivity contribution >= 4 is 34.7 Å². The molecule has 1 aromatic heterocycles. The second kappa shape index (κ2) is 12.5. The van der Waals surface area contributed by atoms with Crippen molar-refractivity contribution in [2.24, 2.45) is 0 Å². The number of nitrogens with one attached hydrogen (secondary N) is 2. The van der Waals surface area contributed by atoms with E-state index in [2.05, 4.69) is 10.6 Å². The quantitative estimate of drug-likeness (QED) is 0.360. The molecule has 0 spiro atoms. The summed E-state index contributed by atoms with van der Waals surface area (Å²) in [6, 6.07) is 17.1. The highest BCUT2D eigenvalue weighted by atomic mass is 32.1. The normalized spacial score (nSPS) is 11.9. The fraction of sp³-hybridized carbons (Fsp3) is 0.345. The summed E-state index contributed by atoms with van der Waals surface area (Å²) in [5, 5.41) is 7.61. The first-order chi connectivity index (χ1) is 17.6. The number of hydrogen-bond donors (Lipinski definition) is 2. The van der Waals surface area contributed by atoms with Crippen LogP contribution in [0.15, 0.2) is 66.0 Å². The number of rotatable bonds is 11. The van der Waals surface area contributed by atoms with Gasteiger partial charge in [-0.25, -0.2) is 0 Å². The molecule has 0 bridgehead atoms. The third kappa shape index (κ3) is 7.43. The SMILES string of the molecule is CCOc1cccc(N(C(=O)CNC(=O)c2cccs2)C(C(=O)NC(C)(C)CC)c2ccc(C)cc2)c1. The second-order valence-electron chi connectivity index (χ2n) is 9.39. The van der Waals surface area contributed by atoms with Gasteiger partial charge in [-0.1, -0.05) is 48.9 Å². The fourth-order valence-electron chi connectivity index (χ4n) is 3.72. The maximum Gasteiger partial charge on any atom is 0.261 e. The first-order valence-electron chi connectivity index (χ1n) is 12.4. The Balaban J connectivity index is 2.05. The van der Waals surface area contributed by atoms with E-state index in [-0.39, 0.29) is 18.4 Å². The third-order valence-corrected chi connectivity index (χ3v) is 6.93. The van der Waals surface area contributed by atoms with Gasteiger partial charge in [0.15, 0.2) is 0 Å². The molecular formula is C29H35N3O4S. The van der Waals surface area contributed by atoms with E-state index in [1.165, 1.54) is 16.2 Å². The summed E-state index contributed by atoms with van der Waals surface area (Å²) in [6.07, 6.45) is 0.712. The predicted molar refractivity (Wildman–Crippen MR) is 148 cm³/mol. The number of amides is 3. The lowest BCUT2D eigenvalue weighted by Gasteiger charge is -2.35. The van der Waals surface area contributed by atoms with Crippen molar-refractivity contribution in [2.75, 3.05) is 18.1 Å². The van der Waals surface area contributed by atoms with E-state index in [9.17, 15) is 14.4 Å². The summed E-state index contributed by atoms with van der Waals surface area (Å²) in [7, 11) is 0. The van der Waals surface area contributed by atoms with E-state index in [1.54, 1.807) is 41.8 Å². The molecule has 8 heteroatoms. The highest BCUT2D eigenvalue weighted by Gasteiger charge is 2.35. The van der Waals surface area contributed by atoms with Crippen molar-refractivity contribution in [3.05, 3.63) is 82.0 Å². The first kappa shape index (κ1) is 27.9. The molecule has 0 fully saturated rings. The summed E-state index contributed by atoms with van der Waals surface area (Å²) >= 11 is 1.30. The number of thiophene rings is 1. The van der Waals surface area contributed by atoms with Crippen LogP contribution in [0.25, 0.3) is 0 Å². The van der Waals surface area contributed by atoms with Crippen molar-refractivity contribution in [3.8, 4) is 5.75 Å². The van der Waals surface area contributed by atoms with Gasteiger partial charge < -0.3 is 15.4 Å². The molecule has 0 saturated carbocycles. The number of benzene rings is 2. The minimum absolute atomic E-state index is 0.275. The molecule has 0 aliphatic rings. The summed E-state index contributed by atoms with van der Waals surface area (Å²) in [5.41, 5.74) is 1.72. The van der Waals surface area contributed by atoms with Gasteiger partial charge in [-0.2, -0.15) is 0 Å². The van der Waals surface area contributed by atoms with Gasteiger partial charge in [0, 0.05) is 17.3 Å². The monoisotopic (exact) mass is 521 g/mol. The van der Waals surface area contributed by atoms with Crippen LogP contribution in [-0.2, 0) is 9.59 Å². The standard InChI is InChI=1S/C29H35N3O4S/c1-6-29(4,5)31-28(35)26(21-15-13-20(3)14-16-21)32(22-10-8-11-23(18-22)36-7-2)25(33)19-30-27(34)24-12-9-17-37-24/h8-18,26H,6-7,19H2,1-5H3,(H,30,34)(H,31,35). The van der Waals surface area contributed by atoms with Gasteiger partial charge in [0.1, 0.15) is 11.8 Å². The van der Waals surface area contributed by atoms with E-state index in [0.29, 0.717) is 34.9 Å². The van der Waals surface area contributed by atoms with Crippen LogP contribution >= 0.6 is 11.3 Å². The molecule has 0 radical (unpaired) electrons. The van der Waals surface area contributed by atoms with Gasteiger partial charge in [0.25, 0.3) is 5.91 Å². The van der Waals surface area contributed by atoms with Crippen molar-refractivity contribution in [2.45, 2.75) is 52.6 Å². The van der Waals surface area contributed by atoms with Gasteiger partial charge >= 0.3 is 0 Å². The molecule has 7 nitrogen and oxygen atoms in total. The van der Waals surface area contributed by atoms with Gasteiger partial charge in [-0.3, -0.25) is 19.3 Å². The third-order valence-electron chi connectivity index (χ3n) is 6.07. The largest absolute Gasteiger partial charge is 0.494 e. The minimum atomic E-state index is -0.963. The van der Waals surface area contributed by atoms with Gasteiger partial charge in [0.05, 0.1) is 18.0 Å². The van der Waals surface area contributed by atoms with Gasteiger partial charge in [-0.15, -0.1) is 11.3 Å². The topological polar surface area (TPSA) is 87.7 Å². The molecule has 37 heavy (non-hydrogen) atoms. The number of carbonyl (C=O) groups excluding carboxylic acids is 3. The van der Waals surface area contributed by atoms with Crippen LogP contribution in [0.2, 0.25) is 0 Å². The number of nitrogens with zero attached hydrogens (tertiary/aromatic N) is 1. The van der Waals surface area contributed by atoms with E-state index in [0.717, 1.165) is 5.56 Å². The Kier molecular flexibility index (Phi) is 9.47. The molecule has 0 saturated heterocycles. The summed E-state index contributed by atoms with van der Waals surface area (Å²) in [4.78, 5) is 42.2. The molecule has 3 amide bonds. The Morgan fingerprint density at radius 3 is 2.38 bits per heavy atom. The number of hydrogen-bond acceptors (Lipinski definition) is 5. The Bertz CT molecular complexity index is 1210. The molecule has 0 aliphatic carbocycles. The zero-order chi connectivity index (χ0) is 27.0. The lowest BCUT2D eigenvalue weighted by molar-refractivity contribution is -0.127. The summed E-state index contributed by atoms with van der Waals surface area (Å²) in [6.45, 7) is 9.91. The van der Waals surface area contributed by atoms with E-state index >= 15 is 0 Å². The van der Waals surface area contributed by atoms with E-state index < -0.39 is 17.5 Å².